The largest absolute Gasteiger partial charge is 0.405 e. The molecule has 0 atom stereocenters. The van der Waals surface area contributed by atoms with E-state index >= 15 is 0 Å². The molecule has 0 radical (unpaired) electrons. The summed E-state index contributed by atoms with van der Waals surface area (Å²) in [5.74, 6) is -1.25. The topological polar surface area (TPSA) is 84.2 Å². The molecule has 4 N–H and O–H groups in total. The number of hydrogen-bond acceptors (Lipinski definition) is 3. The highest BCUT2D eigenvalue weighted by Crippen LogP contribution is 2.13. The van der Waals surface area contributed by atoms with Crippen LogP contribution >= 0.6 is 0 Å². The summed E-state index contributed by atoms with van der Waals surface area (Å²) in [6.07, 6.45) is -4.45. The lowest BCUT2D eigenvalue weighted by molar-refractivity contribution is -0.123. The Morgan fingerprint density at radius 3 is 2.21 bits per heavy atom. The number of carbonyl (C=O) groups is 2. The number of nitrogens with two attached hydrogens (primary N) is 1. The normalized spacial score (nSPS) is 10.9. The van der Waals surface area contributed by atoms with Crippen LogP contribution in [0.1, 0.15) is 10.4 Å². The molecule has 0 unspecified atom stereocenters. The second kappa shape index (κ2) is 6.19. The number of anilines is 1. The van der Waals surface area contributed by atoms with Crippen LogP contribution in [0.25, 0.3) is 0 Å². The lowest BCUT2D eigenvalue weighted by atomic mass is 10.2. The Labute approximate surface area is 107 Å². The van der Waals surface area contributed by atoms with E-state index in [2.05, 4.69) is 5.32 Å². The van der Waals surface area contributed by atoms with Gasteiger partial charge in [0.1, 0.15) is 6.54 Å². The molecule has 0 heterocycles. The Morgan fingerprint density at radius 2 is 1.74 bits per heavy atom. The number of benzene rings is 1. The van der Waals surface area contributed by atoms with Crippen molar-refractivity contribution in [2.45, 2.75) is 6.18 Å². The van der Waals surface area contributed by atoms with Gasteiger partial charge in [-0.2, -0.15) is 13.2 Å². The average Bonchev–Trinajstić information content (AvgIpc) is 2.36. The summed E-state index contributed by atoms with van der Waals surface area (Å²) in [6, 6.07) is 5.40. The van der Waals surface area contributed by atoms with Gasteiger partial charge in [0.05, 0.1) is 6.54 Å². The van der Waals surface area contributed by atoms with Crippen LogP contribution in [0.15, 0.2) is 24.3 Å². The van der Waals surface area contributed by atoms with Gasteiger partial charge >= 0.3 is 6.18 Å². The summed E-state index contributed by atoms with van der Waals surface area (Å²) in [5.41, 5.74) is 5.57. The highest BCUT2D eigenvalue weighted by atomic mass is 19.4. The van der Waals surface area contributed by atoms with Gasteiger partial charge in [0.25, 0.3) is 5.91 Å². The van der Waals surface area contributed by atoms with Crippen molar-refractivity contribution in [1.82, 2.24) is 5.32 Å². The van der Waals surface area contributed by atoms with Crippen molar-refractivity contribution in [1.29, 1.82) is 0 Å². The van der Waals surface area contributed by atoms with Crippen LogP contribution in [0.5, 0.6) is 0 Å². The van der Waals surface area contributed by atoms with E-state index in [0.29, 0.717) is 5.69 Å². The maximum absolute atomic E-state index is 11.9. The van der Waals surface area contributed by atoms with E-state index in [1.54, 1.807) is 5.32 Å². The molecule has 1 aromatic carbocycles. The number of amides is 2. The molecule has 104 valence electrons. The van der Waals surface area contributed by atoms with E-state index in [0.717, 1.165) is 0 Å². The molecule has 1 rings (SSSR count). The number of halogens is 3. The van der Waals surface area contributed by atoms with Gasteiger partial charge in [-0.1, -0.05) is 0 Å². The van der Waals surface area contributed by atoms with E-state index in [1.165, 1.54) is 24.3 Å². The zero-order valence-corrected chi connectivity index (χ0v) is 9.75. The van der Waals surface area contributed by atoms with Crippen molar-refractivity contribution < 1.29 is 22.8 Å². The standard InChI is InChI=1S/C11H12F3N3O2/c12-11(13,14)6-16-10(19)7-1-3-8(4-2-7)17-9(18)5-15/h1-4H,5-6,15H2,(H,16,19)(H,17,18). The maximum Gasteiger partial charge on any atom is 0.405 e. The van der Waals surface area contributed by atoms with Gasteiger partial charge in [0.15, 0.2) is 0 Å². The average molecular weight is 275 g/mol. The van der Waals surface area contributed by atoms with Gasteiger partial charge in [0.2, 0.25) is 5.91 Å². The van der Waals surface area contributed by atoms with Crippen LogP contribution in [0.4, 0.5) is 18.9 Å². The molecule has 0 aliphatic rings. The van der Waals surface area contributed by atoms with Crippen molar-refractivity contribution in [2.24, 2.45) is 5.73 Å². The summed E-state index contributed by atoms with van der Waals surface area (Å²) in [7, 11) is 0. The number of carbonyl (C=O) groups excluding carboxylic acids is 2. The van der Waals surface area contributed by atoms with Gasteiger partial charge in [0, 0.05) is 11.3 Å². The molecule has 0 saturated heterocycles. The minimum atomic E-state index is -4.45. The molecule has 0 aliphatic carbocycles. The predicted molar refractivity (Wildman–Crippen MR) is 62.5 cm³/mol. The Kier molecular flexibility index (Phi) is 4.87. The quantitative estimate of drug-likeness (QED) is 0.762. The molecule has 1 aromatic rings. The van der Waals surface area contributed by atoms with Crippen molar-refractivity contribution >= 4 is 17.5 Å². The first-order valence-electron chi connectivity index (χ1n) is 5.27. The zero-order valence-electron chi connectivity index (χ0n) is 9.75. The van der Waals surface area contributed by atoms with Crippen LogP contribution in [0.2, 0.25) is 0 Å². The Balaban J connectivity index is 2.60. The highest BCUT2D eigenvalue weighted by Gasteiger charge is 2.27. The van der Waals surface area contributed by atoms with Gasteiger partial charge in [-0.25, -0.2) is 0 Å². The number of alkyl halides is 3. The molecule has 0 fully saturated rings. The number of rotatable bonds is 4. The number of hydrogen-bond donors (Lipinski definition) is 3. The first-order chi connectivity index (χ1) is 8.81. The third kappa shape index (κ3) is 5.38. The summed E-state index contributed by atoms with van der Waals surface area (Å²) < 4.78 is 35.7. The van der Waals surface area contributed by atoms with Gasteiger partial charge in [-0.05, 0) is 24.3 Å². The predicted octanol–water partition coefficient (Wildman–Crippen LogP) is 0.876. The lowest BCUT2D eigenvalue weighted by Gasteiger charge is -2.09. The van der Waals surface area contributed by atoms with Crippen LogP contribution in [0.3, 0.4) is 0 Å². The van der Waals surface area contributed by atoms with Crippen LogP contribution in [-0.2, 0) is 4.79 Å². The molecule has 0 spiro atoms. The Morgan fingerprint density at radius 1 is 1.16 bits per heavy atom. The molecule has 8 heteroatoms. The lowest BCUT2D eigenvalue weighted by Crippen LogP contribution is -2.33. The molecule has 19 heavy (non-hydrogen) atoms. The molecule has 0 bridgehead atoms. The zero-order chi connectivity index (χ0) is 14.5. The monoisotopic (exact) mass is 275 g/mol. The SMILES string of the molecule is NCC(=O)Nc1ccc(C(=O)NCC(F)(F)F)cc1. The third-order valence-electron chi connectivity index (χ3n) is 2.07. The van der Waals surface area contributed by atoms with E-state index in [4.69, 9.17) is 5.73 Å². The van der Waals surface area contributed by atoms with Gasteiger partial charge < -0.3 is 16.4 Å². The maximum atomic E-state index is 11.9. The van der Waals surface area contributed by atoms with E-state index in [1.807, 2.05) is 0 Å². The van der Waals surface area contributed by atoms with Gasteiger partial charge in [-0.15, -0.1) is 0 Å². The van der Waals surface area contributed by atoms with Gasteiger partial charge in [-0.3, -0.25) is 9.59 Å². The second-order valence-corrected chi connectivity index (χ2v) is 3.63. The summed E-state index contributed by atoms with van der Waals surface area (Å²) in [5, 5.41) is 4.18. The fourth-order valence-electron chi connectivity index (χ4n) is 1.20. The highest BCUT2D eigenvalue weighted by molar-refractivity contribution is 5.96. The Hall–Kier alpha value is -2.09. The molecule has 0 saturated carbocycles. The molecular formula is C11H12F3N3O2. The van der Waals surface area contributed by atoms with Crippen molar-refractivity contribution in [3.63, 3.8) is 0 Å². The second-order valence-electron chi connectivity index (χ2n) is 3.63. The molecular weight excluding hydrogens is 263 g/mol. The first kappa shape index (κ1) is 15.0. The fraction of sp³-hybridized carbons (Fsp3) is 0.273. The minimum absolute atomic E-state index is 0.0648. The van der Waals surface area contributed by atoms with E-state index in [-0.39, 0.29) is 12.1 Å². The summed E-state index contributed by atoms with van der Waals surface area (Å²) >= 11 is 0. The van der Waals surface area contributed by atoms with Crippen LogP contribution in [0, 0.1) is 0 Å². The Bertz CT molecular complexity index is 457. The summed E-state index contributed by atoms with van der Waals surface area (Å²) in [6.45, 7) is -1.58. The molecule has 5 nitrogen and oxygen atoms in total. The van der Waals surface area contributed by atoms with Crippen molar-refractivity contribution in [3.05, 3.63) is 29.8 Å². The molecule has 0 aromatic heterocycles. The number of nitrogens with one attached hydrogen (secondary N) is 2. The molecule has 2 amide bonds. The minimum Gasteiger partial charge on any atom is -0.343 e. The van der Waals surface area contributed by atoms with Crippen molar-refractivity contribution in [3.8, 4) is 0 Å². The van der Waals surface area contributed by atoms with Crippen LogP contribution < -0.4 is 16.4 Å². The first-order valence-corrected chi connectivity index (χ1v) is 5.27. The van der Waals surface area contributed by atoms with E-state index in [9.17, 15) is 22.8 Å². The fourth-order valence-corrected chi connectivity index (χ4v) is 1.20. The molecule has 0 aliphatic heterocycles. The van der Waals surface area contributed by atoms with Crippen molar-refractivity contribution in [2.75, 3.05) is 18.4 Å². The smallest absolute Gasteiger partial charge is 0.343 e. The third-order valence-corrected chi connectivity index (χ3v) is 2.07. The van der Waals surface area contributed by atoms with Crippen LogP contribution in [-0.4, -0.2) is 31.1 Å². The van der Waals surface area contributed by atoms with E-state index < -0.39 is 24.5 Å². The summed E-state index contributed by atoms with van der Waals surface area (Å²) in [4.78, 5) is 22.3.